The normalized spacial score (nSPS) is 10.6. The molecular formula is C13H13ClN2O2. The number of carbonyl (C=O) groups is 1. The number of carboxylic acids is 1. The fourth-order valence-corrected chi connectivity index (χ4v) is 2.15. The summed E-state index contributed by atoms with van der Waals surface area (Å²) < 4.78 is 1.48. The summed E-state index contributed by atoms with van der Waals surface area (Å²) in [7, 11) is 0. The van der Waals surface area contributed by atoms with Crippen molar-refractivity contribution in [2.75, 3.05) is 0 Å². The second-order valence-corrected chi connectivity index (χ2v) is 4.59. The molecule has 0 saturated carbocycles. The Morgan fingerprint density at radius 1 is 1.39 bits per heavy atom. The molecule has 5 heteroatoms. The number of aliphatic carboxylic acids is 1. The summed E-state index contributed by atoms with van der Waals surface area (Å²) >= 11 is 5.92. The van der Waals surface area contributed by atoms with Crippen LogP contribution in [0.1, 0.15) is 11.3 Å². The van der Waals surface area contributed by atoms with Crippen LogP contribution in [0.4, 0.5) is 0 Å². The van der Waals surface area contributed by atoms with Gasteiger partial charge in [-0.15, -0.1) is 0 Å². The van der Waals surface area contributed by atoms with E-state index in [1.54, 1.807) is 6.20 Å². The molecule has 0 fully saturated rings. The molecule has 0 aliphatic heterocycles. The number of hydrogen-bond acceptors (Lipinski definition) is 2. The van der Waals surface area contributed by atoms with Crippen molar-refractivity contribution in [1.82, 2.24) is 9.78 Å². The van der Waals surface area contributed by atoms with Crippen LogP contribution in [0.15, 0.2) is 24.4 Å². The summed E-state index contributed by atoms with van der Waals surface area (Å²) in [6, 6.07) is 5.62. The number of aromatic nitrogens is 2. The van der Waals surface area contributed by atoms with Gasteiger partial charge in [0.1, 0.15) is 6.54 Å². The molecular weight excluding hydrogens is 252 g/mol. The van der Waals surface area contributed by atoms with Gasteiger partial charge in [0.25, 0.3) is 0 Å². The zero-order valence-electron chi connectivity index (χ0n) is 10.1. The minimum absolute atomic E-state index is 0.127. The van der Waals surface area contributed by atoms with E-state index in [-0.39, 0.29) is 6.54 Å². The second-order valence-electron chi connectivity index (χ2n) is 4.15. The predicted molar refractivity (Wildman–Crippen MR) is 69.8 cm³/mol. The first-order valence-electron chi connectivity index (χ1n) is 5.50. The molecule has 0 spiro atoms. The summed E-state index contributed by atoms with van der Waals surface area (Å²) in [5, 5.41) is 13.6. The van der Waals surface area contributed by atoms with Crippen LogP contribution in [0.5, 0.6) is 0 Å². The van der Waals surface area contributed by atoms with Crippen molar-refractivity contribution < 1.29 is 9.90 Å². The van der Waals surface area contributed by atoms with Gasteiger partial charge in [0.15, 0.2) is 0 Å². The number of halogens is 1. The first-order chi connectivity index (χ1) is 8.49. The molecule has 94 valence electrons. The minimum atomic E-state index is -0.902. The van der Waals surface area contributed by atoms with E-state index in [4.69, 9.17) is 16.7 Å². The van der Waals surface area contributed by atoms with Crippen LogP contribution < -0.4 is 0 Å². The summed E-state index contributed by atoms with van der Waals surface area (Å²) in [5.74, 6) is -0.902. The summed E-state index contributed by atoms with van der Waals surface area (Å²) in [5.41, 5.74) is 3.84. The molecule has 1 heterocycles. The first kappa shape index (κ1) is 12.6. The Balaban J connectivity index is 2.45. The Bertz CT molecular complexity index is 605. The van der Waals surface area contributed by atoms with E-state index in [0.717, 1.165) is 22.4 Å². The van der Waals surface area contributed by atoms with Crippen LogP contribution in [0, 0.1) is 13.8 Å². The van der Waals surface area contributed by atoms with E-state index >= 15 is 0 Å². The van der Waals surface area contributed by atoms with E-state index in [9.17, 15) is 4.79 Å². The van der Waals surface area contributed by atoms with E-state index in [1.807, 2.05) is 32.0 Å². The van der Waals surface area contributed by atoms with Crippen LogP contribution >= 0.6 is 11.6 Å². The third-order valence-electron chi connectivity index (χ3n) is 2.87. The molecule has 1 N–H and O–H groups in total. The Morgan fingerprint density at radius 3 is 2.72 bits per heavy atom. The van der Waals surface area contributed by atoms with Crippen LogP contribution in [0.2, 0.25) is 5.02 Å². The summed E-state index contributed by atoms with van der Waals surface area (Å²) in [6.07, 6.45) is 1.69. The van der Waals surface area contributed by atoms with Gasteiger partial charge >= 0.3 is 5.97 Å². The average molecular weight is 265 g/mol. The number of carboxylic acid groups (broad SMARTS) is 1. The number of benzene rings is 1. The van der Waals surface area contributed by atoms with Crippen molar-refractivity contribution in [3.63, 3.8) is 0 Å². The zero-order chi connectivity index (χ0) is 13.3. The number of aryl methyl sites for hydroxylation is 1. The molecule has 0 atom stereocenters. The fourth-order valence-electron chi connectivity index (χ4n) is 1.93. The van der Waals surface area contributed by atoms with Crippen molar-refractivity contribution in [1.29, 1.82) is 0 Å². The van der Waals surface area contributed by atoms with Gasteiger partial charge in [-0.2, -0.15) is 5.10 Å². The zero-order valence-corrected chi connectivity index (χ0v) is 10.9. The fraction of sp³-hybridized carbons (Fsp3) is 0.231. The van der Waals surface area contributed by atoms with Gasteiger partial charge in [0, 0.05) is 16.3 Å². The predicted octanol–water partition coefficient (Wildman–Crippen LogP) is 2.90. The molecule has 0 radical (unpaired) electrons. The van der Waals surface area contributed by atoms with Crippen LogP contribution in [0.3, 0.4) is 0 Å². The van der Waals surface area contributed by atoms with Gasteiger partial charge in [-0.1, -0.05) is 17.7 Å². The largest absolute Gasteiger partial charge is 0.480 e. The maximum Gasteiger partial charge on any atom is 0.325 e. The molecule has 1 aromatic heterocycles. The van der Waals surface area contributed by atoms with Crippen molar-refractivity contribution in [2.45, 2.75) is 20.4 Å². The third-order valence-corrected chi connectivity index (χ3v) is 3.10. The third kappa shape index (κ3) is 2.38. The molecule has 4 nitrogen and oxygen atoms in total. The van der Waals surface area contributed by atoms with Gasteiger partial charge in [-0.05, 0) is 37.1 Å². The maximum absolute atomic E-state index is 10.7. The Morgan fingerprint density at radius 2 is 2.11 bits per heavy atom. The highest BCUT2D eigenvalue weighted by Gasteiger charge is 2.12. The van der Waals surface area contributed by atoms with Gasteiger partial charge in [-0.3, -0.25) is 9.48 Å². The highest BCUT2D eigenvalue weighted by Crippen LogP contribution is 2.28. The molecule has 2 rings (SSSR count). The molecule has 0 unspecified atom stereocenters. The van der Waals surface area contributed by atoms with Gasteiger partial charge in [0.05, 0.1) is 6.20 Å². The molecule has 2 aromatic rings. The summed E-state index contributed by atoms with van der Waals surface area (Å²) in [4.78, 5) is 10.7. The molecule has 0 bridgehead atoms. The van der Waals surface area contributed by atoms with Crippen molar-refractivity contribution in [2.24, 2.45) is 0 Å². The first-order valence-corrected chi connectivity index (χ1v) is 5.87. The van der Waals surface area contributed by atoms with Crippen LogP contribution in [-0.4, -0.2) is 20.9 Å². The Kier molecular flexibility index (Phi) is 3.39. The highest BCUT2D eigenvalue weighted by molar-refractivity contribution is 6.30. The summed E-state index contributed by atoms with van der Waals surface area (Å²) in [6.45, 7) is 3.70. The van der Waals surface area contributed by atoms with E-state index in [2.05, 4.69) is 5.10 Å². The quantitative estimate of drug-likeness (QED) is 0.927. The number of nitrogens with zero attached hydrogens (tertiary/aromatic N) is 2. The molecule has 0 aliphatic carbocycles. The monoisotopic (exact) mass is 264 g/mol. The standard InChI is InChI=1S/C13H13ClN2O2/c1-8-5-10(14)3-4-11(8)12-6-15-16(9(12)2)7-13(17)18/h3-6H,7H2,1-2H3,(H,17,18). The lowest BCUT2D eigenvalue weighted by Crippen LogP contribution is -2.11. The Hall–Kier alpha value is -1.81. The SMILES string of the molecule is Cc1cc(Cl)ccc1-c1cnn(CC(=O)O)c1C. The topological polar surface area (TPSA) is 55.1 Å². The average Bonchev–Trinajstić information content (AvgIpc) is 2.60. The molecule has 0 amide bonds. The van der Waals surface area contributed by atoms with Gasteiger partial charge in [0.2, 0.25) is 0 Å². The van der Waals surface area contributed by atoms with Crippen LogP contribution in [-0.2, 0) is 11.3 Å². The minimum Gasteiger partial charge on any atom is -0.480 e. The van der Waals surface area contributed by atoms with E-state index < -0.39 is 5.97 Å². The maximum atomic E-state index is 10.7. The van der Waals surface area contributed by atoms with Gasteiger partial charge < -0.3 is 5.11 Å². The lowest BCUT2D eigenvalue weighted by Gasteiger charge is -2.06. The van der Waals surface area contributed by atoms with Gasteiger partial charge in [-0.25, -0.2) is 0 Å². The lowest BCUT2D eigenvalue weighted by molar-refractivity contribution is -0.137. The van der Waals surface area contributed by atoms with Crippen molar-refractivity contribution in [3.05, 3.63) is 40.7 Å². The molecule has 0 aliphatic rings. The van der Waals surface area contributed by atoms with Crippen molar-refractivity contribution in [3.8, 4) is 11.1 Å². The Labute approximate surface area is 110 Å². The molecule has 0 saturated heterocycles. The van der Waals surface area contributed by atoms with Crippen LogP contribution in [0.25, 0.3) is 11.1 Å². The van der Waals surface area contributed by atoms with E-state index in [0.29, 0.717) is 5.02 Å². The van der Waals surface area contributed by atoms with Crippen molar-refractivity contribution >= 4 is 17.6 Å². The number of hydrogen-bond donors (Lipinski definition) is 1. The highest BCUT2D eigenvalue weighted by atomic mass is 35.5. The lowest BCUT2D eigenvalue weighted by atomic mass is 10.0. The second kappa shape index (κ2) is 4.82. The number of rotatable bonds is 3. The smallest absolute Gasteiger partial charge is 0.325 e. The molecule has 1 aromatic carbocycles. The van der Waals surface area contributed by atoms with E-state index in [1.165, 1.54) is 4.68 Å². The molecule has 18 heavy (non-hydrogen) atoms.